The summed E-state index contributed by atoms with van der Waals surface area (Å²) in [5.41, 5.74) is -0.673. The number of alkyl halides is 3. The molecule has 3 heterocycles. The van der Waals surface area contributed by atoms with Crippen LogP contribution in [0.25, 0.3) is 0 Å². The summed E-state index contributed by atoms with van der Waals surface area (Å²) in [4.78, 5) is 29.8. The highest BCUT2D eigenvalue weighted by Gasteiger charge is 2.41. The zero-order valence-electron chi connectivity index (χ0n) is 24.9. The van der Waals surface area contributed by atoms with Crippen molar-refractivity contribution in [1.29, 1.82) is 0 Å². The van der Waals surface area contributed by atoms with E-state index in [9.17, 15) is 23.1 Å². The van der Waals surface area contributed by atoms with E-state index >= 15 is 0 Å². The third-order valence-electron chi connectivity index (χ3n) is 7.51. The van der Waals surface area contributed by atoms with Crippen LogP contribution in [0.15, 0.2) is 49.3 Å². The highest BCUT2D eigenvalue weighted by Crippen LogP contribution is 2.36. The van der Waals surface area contributed by atoms with E-state index in [2.05, 4.69) is 15.0 Å². The second-order valence-electron chi connectivity index (χ2n) is 11.0. The number of rotatable bonds is 11. The number of hydrogen-bond donors (Lipinski definition) is 1. The van der Waals surface area contributed by atoms with Gasteiger partial charge in [0.25, 0.3) is 0 Å². The maximum atomic E-state index is 13.6. The zero-order valence-corrected chi connectivity index (χ0v) is 24.9. The van der Waals surface area contributed by atoms with Crippen LogP contribution in [0.4, 0.5) is 23.9 Å². The maximum absolute atomic E-state index is 13.6. The van der Waals surface area contributed by atoms with Gasteiger partial charge in [-0.3, -0.25) is 0 Å². The lowest BCUT2D eigenvalue weighted by atomic mass is 9.87. The van der Waals surface area contributed by atoms with Crippen LogP contribution < -0.4 is 9.64 Å². The summed E-state index contributed by atoms with van der Waals surface area (Å²) in [6.45, 7) is 8.58. The average Bonchev–Trinajstić information content (AvgIpc) is 3.48. The Morgan fingerprint density at radius 3 is 2.35 bits per heavy atom. The van der Waals surface area contributed by atoms with E-state index in [-0.39, 0.29) is 42.4 Å². The molecule has 234 valence electrons. The van der Waals surface area contributed by atoms with Gasteiger partial charge in [-0.25, -0.2) is 19.7 Å². The molecule has 0 radical (unpaired) electrons. The van der Waals surface area contributed by atoms with Crippen molar-refractivity contribution in [1.82, 2.24) is 24.4 Å². The first-order chi connectivity index (χ1) is 20.5. The Bertz CT molecular complexity index is 1310. The number of phenolic OH excluding ortho intramolecular Hbond substituents is 1. The number of amides is 1. The van der Waals surface area contributed by atoms with Gasteiger partial charge in [0.05, 0.1) is 36.9 Å². The highest BCUT2D eigenvalue weighted by molar-refractivity contribution is 5.69. The number of aromatic nitrogens is 4. The zero-order chi connectivity index (χ0) is 31.1. The number of imidazole rings is 1. The summed E-state index contributed by atoms with van der Waals surface area (Å²) in [5, 5.41) is 10.1. The third-order valence-corrected chi connectivity index (χ3v) is 7.51. The predicted molar refractivity (Wildman–Crippen MR) is 154 cm³/mol. The van der Waals surface area contributed by atoms with Crippen LogP contribution in [0.3, 0.4) is 0 Å². The van der Waals surface area contributed by atoms with E-state index < -0.39 is 17.5 Å². The summed E-state index contributed by atoms with van der Waals surface area (Å²) < 4.78 is 54.0. The normalized spacial score (nSPS) is 19.0. The topological polar surface area (TPSA) is 106 Å². The van der Waals surface area contributed by atoms with Gasteiger partial charge in [0, 0.05) is 37.1 Å². The fourth-order valence-electron chi connectivity index (χ4n) is 5.50. The van der Waals surface area contributed by atoms with Crippen molar-refractivity contribution >= 4 is 12.0 Å². The van der Waals surface area contributed by atoms with Crippen molar-refractivity contribution < 1.29 is 32.5 Å². The number of hydrogen-bond acceptors (Lipinski definition) is 8. The molecule has 1 aromatic carbocycles. The Balaban J connectivity index is 1.62. The number of anilines is 1. The molecule has 1 fully saturated rings. The molecule has 13 heteroatoms. The number of likely N-dealkylation sites (tertiary alicyclic amines) is 1. The van der Waals surface area contributed by atoms with Gasteiger partial charge in [0.1, 0.15) is 12.4 Å². The molecule has 0 spiro atoms. The van der Waals surface area contributed by atoms with Crippen LogP contribution in [-0.4, -0.2) is 66.5 Å². The molecule has 1 aliphatic heterocycles. The smallest absolute Gasteiger partial charge is 0.416 e. The largest absolute Gasteiger partial charge is 0.508 e. The Labute approximate surface area is 249 Å². The van der Waals surface area contributed by atoms with Gasteiger partial charge in [0.2, 0.25) is 5.95 Å². The lowest BCUT2D eigenvalue weighted by Gasteiger charge is -2.47. The lowest BCUT2D eigenvalue weighted by Crippen LogP contribution is -2.57. The quantitative estimate of drug-likeness (QED) is 0.282. The summed E-state index contributed by atoms with van der Waals surface area (Å²) in [6, 6.07) is 2.54. The number of piperidine rings is 1. The first-order valence-electron chi connectivity index (χ1n) is 14.5. The molecule has 1 amide bonds. The summed E-state index contributed by atoms with van der Waals surface area (Å²) in [7, 11) is 0. The molecule has 4 rings (SSSR count). The molecule has 0 saturated carbocycles. The van der Waals surface area contributed by atoms with Crippen molar-refractivity contribution in [2.75, 3.05) is 11.5 Å². The number of ether oxygens (including phenoxy) is 2. The van der Waals surface area contributed by atoms with Crippen molar-refractivity contribution in [3.05, 3.63) is 60.4 Å². The monoisotopic (exact) mass is 604 g/mol. The van der Waals surface area contributed by atoms with Gasteiger partial charge < -0.3 is 28.9 Å². The van der Waals surface area contributed by atoms with Gasteiger partial charge in [-0.2, -0.15) is 13.2 Å². The molecule has 0 aliphatic carbocycles. The van der Waals surface area contributed by atoms with Crippen molar-refractivity contribution in [3.63, 3.8) is 0 Å². The number of phenols is 1. The number of halogens is 3. The minimum Gasteiger partial charge on any atom is -0.508 e. The molecule has 1 unspecified atom stereocenters. The summed E-state index contributed by atoms with van der Waals surface area (Å²) in [5.74, 6) is 0.285. The van der Waals surface area contributed by atoms with Gasteiger partial charge in [-0.1, -0.05) is 13.8 Å². The average molecular weight is 605 g/mol. The minimum atomic E-state index is -4.62. The Hall–Kier alpha value is -4.03. The molecule has 3 atom stereocenters. The van der Waals surface area contributed by atoms with E-state index in [0.717, 1.165) is 6.07 Å². The van der Waals surface area contributed by atoms with E-state index in [1.165, 1.54) is 18.5 Å². The van der Waals surface area contributed by atoms with Crippen LogP contribution in [0, 0.1) is 0 Å². The molecule has 3 aromatic rings. The number of carbonyl (C=O) groups is 1. The van der Waals surface area contributed by atoms with Crippen LogP contribution in [0.5, 0.6) is 11.5 Å². The first kappa shape index (κ1) is 31.9. The number of carbonyl (C=O) groups excluding carboxylic acids is 1. The fraction of sp³-hybridized carbons (Fsp3) is 0.533. The van der Waals surface area contributed by atoms with E-state index in [1.807, 2.05) is 34.4 Å². The molecule has 1 N–H and O–H groups in total. The minimum absolute atomic E-state index is 0.0201. The molecule has 0 bridgehead atoms. The third kappa shape index (κ3) is 8.29. The Morgan fingerprint density at radius 1 is 1.12 bits per heavy atom. The number of aromatic hydroxyl groups is 1. The van der Waals surface area contributed by atoms with Crippen LogP contribution in [0.2, 0.25) is 0 Å². The molecule has 2 aromatic heterocycles. The molecular weight excluding hydrogens is 565 g/mol. The van der Waals surface area contributed by atoms with E-state index in [1.54, 1.807) is 26.4 Å². The Kier molecular flexibility index (Phi) is 10.4. The predicted octanol–water partition coefficient (Wildman–Crippen LogP) is 6.05. The molecule has 10 nitrogen and oxygen atoms in total. The lowest BCUT2D eigenvalue weighted by molar-refractivity contribution is -0.137. The first-order valence-corrected chi connectivity index (χ1v) is 14.5. The number of benzene rings is 1. The second-order valence-corrected chi connectivity index (χ2v) is 11.0. The van der Waals surface area contributed by atoms with Crippen molar-refractivity contribution in [2.24, 2.45) is 0 Å². The maximum Gasteiger partial charge on any atom is 0.416 e. The summed E-state index contributed by atoms with van der Waals surface area (Å²) in [6.07, 6.45) is 5.44. The highest BCUT2D eigenvalue weighted by atomic mass is 19.4. The van der Waals surface area contributed by atoms with E-state index in [4.69, 9.17) is 9.47 Å². The van der Waals surface area contributed by atoms with Crippen molar-refractivity contribution in [3.8, 4) is 11.5 Å². The Morgan fingerprint density at radius 2 is 1.79 bits per heavy atom. The van der Waals surface area contributed by atoms with Gasteiger partial charge in [-0.15, -0.1) is 0 Å². The van der Waals surface area contributed by atoms with Crippen LogP contribution in [0.1, 0.15) is 64.5 Å². The van der Waals surface area contributed by atoms with Crippen LogP contribution >= 0.6 is 0 Å². The van der Waals surface area contributed by atoms with Gasteiger partial charge >= 0.3 is 12.3 Å². The second kappa shape index (κ2) is 14.0. The molecule has 1 aliphatic rings. The molecule has 1 saturated heterocycles. The fourth-order valence-corrected chi connectivity index (χ4v) is 5.50. The standard InChI is InChI=1S/C30H39F3N6O4/c1-5-23-14-25(15-24(6-2)39(23)29(41)43-20(3)4)38(18-21-11-22(30(31,32)33)13-26(40)12-21)28-35-16-27(17-36-28)42-10-9-37-8-7-34-19-37/h7-8,11-13,16-17,19-20,23-25,40H,5-6,9-10,14-15,18H2,1-4H3/t23-,24+,25?. The van der Waals surface area contributed by atoms with Gasteiger partial charge in [-0.05, 0) is 63.3 Å². The SMILES string of the molecule is CC[C@@H]1CC(N(Cc2cc(O)cc(C(F)(F)F)c2)c2ncc(OCCn3ccnc3)cn2)C[C@H](CC)N1C(=O)OC(C)C. The van der Waals surface area contributed by atoms with Crippen LogP contribution in [-0.2, 0) is 24.0 Å². The van der Waals surface area contributed by atoms with Crippen molar-refractivity contribution in [2.45, 2.75) is 96.9 Å². The summed E-state index contributed by atoms with van der Waals surface area (Å²) >= 11 is 0. The molecule has 43 heavy (non-hydrogen) atoms. The molecular formula is C30H39F3N6O4. The van der Waals surface area contributed by atoms with Gasteiger partial charge in [0.15, 0.2) is 5.75 Å². The number of nitrogens with zero attached hydrogens (tertiary/aromatic N) is 6. The van der Waals surface area contributed by atoms with E-state index in [0.29, 0.717) is 56.6 Å².